The summed E-state index contributed by atoms with van der Waals surface area (Å²) in [7, 11) is 1.88. The molecule has 3 heteroatoms. The first-order valence-electron chi connectivity index (χ1n) is 3.77. The summed E-state index contributed by atoms with van der Waals surface area (Å²) in [4.78, 5) is 0. The lowest BCUT2D eigenvalue weighted by Gasteiger charge is -2.29. The predicted molar refractivity (Wildman–Crippen MR) is 38.7 cm³/mol. The monoisotopic (exact) mass is 145 g/mol. The highest BCUT2D eigenvalue weighted by Crippen LogP contribution is 2.18. The van der Waals surface area contributed by atoms with Crippen LogP contribution >= 0.6 is 0 Å². The zero-order valence-electron chi connectivity index (χ0n) is 6.25. The summed E-state index contributed by atoms with van der Waals surface area (Å²) in [5.41, 5.74) is 0. The van der Waals surface area contributed by atoms with Crippen LogP contribution in [0.3, 0.4) is 0 Å². The fourth-order valence-corrected chi connectivity index (χ4v) is 1.39. The van der Waals surface area contributed by atoms with Gasteiger partial charge in [0.05, 0.1) is 12.2 Å². The Bertz CT molecular complexity index is 108. The summed E-state index contributed by atoms with van der Waals surface area (Å²) in [5, 5.41) is 21.4. The van der Waals surface area contributed by atoms with Crippen LogP contribution in [0.1, 0.15) is 19.3 Å². The van der Waals surface area contributed by atoms with Gasteiger partial charge in [-0.2, -0.15) is 0 Å². The fourth-order valence-electron chi connectivity index (χ4n) is 1.39. The molecule has 0 radical (unpaired) electrons. The third kappa shape index (κ3) is 1.68. The van der Waals surface area contributed by atoms with Gasteiger partial charge in [0.25, 0.3) is 0 Å². The van der Waals surface area contributed by atoms with Gasteiger partial charge in [0, 0.05) is 6.04 Å². The Morgan fingerprint density at radius 2 is 1.90 bits per heavy atom. The Morgan fingerprint density at radius 3 is 2.40 bits per heavy atom. The van der Waals surface area contributed by atoms with Crippen LogP contribution < -0.4 is 5.32 Å². The fraction of sp³-hybridized carbons (Fsp3) is 1.00. The molecule has 3 N–H and O–H groups in total. The van der Waals surface area contributed by atoms with Crippen LogP contribution in [0, 0.1) is 0 Å². The van der Waals surface area contributed by atoms with Gasteiger partial charge in [-0.25, -0.2) is 0 Å². The van der Waals surface area contributed by atoms with E-state index in [-0.39, 0.29) is 0 Å². The maximum atomic E-state index is 9.19. The molecule has 3 unspecified atom stereocenters. The van der Waals surface area contributed by atoms with Crippen molar-refractivity contribution in [2.45, 2.75) is 37.5 Å². The molecule has 10 heavy (non-hydrogen) atoms. The molecule has 0 heterocycles. The van der Waals surface area contributed by atoms with Crippen LogP contribution in [0.25, 0.3) is 0 Å². The molecule has 0 aliphatic heterocycles. The lowest BCUT2D eigenvalue weighted by Crippen LogP contribution is -2.41. The van der Waals surface area contributed by atoms with E-state index in [2.05, 4.69) is 5.32 Å². The minimum atomic E-state index is -0.522. The number of hydrogen-bond acceptors (Lipinski definition) is 3. The Balaban J connectivity index is 2.33. The topological polar surface area (TPSA) is 52.5 Å². The van der Waals surface area contributed by atoms with Crippen molar-refractivity contribution in [2.75, 3.05) is 7.05 Å². The normalized spacial score (nSPS) is 41.7. The highest BCUT2D eigenvalue weighted by molar-refractivity contribution is 4.81. The average molecular weight is 145 g/mol. The standard InChI is InChI=1S/C7H15NO2/c1-8-5-2-3-6(9)7(10)4-5/h5-10H,2-4H2,1H3. The maximum absolute atomic E-state index is 9.19. The Labute approximate surface area is 61.1 Å². The molecule has 0 aromatic rings. The largest absolute Gasteiger partial charge is 0.390 e. The van der Waals surface area contributed by atoms with E-state index in [0.29, 0.717) is 18.9 Å². The summed E-state index contributed by atoms with van der Waals surface area (Å²) in [6.07, 6.45) is 1.34. The second-order valence-corrected chi connectivity index (χ2v) is 2.93. The van der Waals surface area contributed by atoms with Gasteiger partial charge in [-0.15, -0.1) is 0 Å². The van der Waals surface area contributed by atoms with Gasteiger partial charge >= 0.3 is 0 Å². The number of nitrogens with one attached hydrogen (secondary N) is 1. The van der Waals surface area contributed by atoms with E-state index in [1.165, 1.54) is 0 Å². The van der Waals surface area contributed by atoms with E-state index in [9.17, 15) is 5.11 Å². The maximum Gasteiger partial charge on any atom is 0.0813 e. The van der Waals surface area contributed by atoms with Gasteiger partial charge in [0.1, 0.15) is 0 Å². The minimum Gasteiger partial charge on any atom is -0.390 e. The van der Waals surface area contributed by atoms with E-state index in [4.69, 9.17) is 5.11 Å². The molecule has 0 bridgehead atoms. The van der Waals surface area contributed by atoms with Crippen LogP contribution in [0.2, 0.25) is 0 Å². The first-order chi connectivity index (χ1) is 4.74. The lowest BCUT2D eigenvalue weighted by molar-refractivity contribution is -0.0172. The molecule has 0 spiro atoms. The summed E-state index contributed by atoms with van der Waals surface area (Å²) < 4.78 is 0. The van der Waals surface area contributed by atoms with Crippen molar-refractivity contribution in [1.29, 1.82) is 0 Å². The van der Waals surface area contributed by atoms with Crippen LogP contribution in [0.4, 0.5) is 0 Å². The number of aliphatic hydroxyl groups excluding tert-OH is 2. The molecule has 1 fully saturated rings. The summed E-state index contributed by atoms with van der Waals surface area (Å²) in [6.45, 7) is 0. The molecule has 60 valence electrons. The quantitative estimate of drug-likeness (QED) is 0.465. The summed E-state index contributed by atoms with van der Waals surface area (Å²) >= 11 is 0. The predicted octanol–water partition coefficient (Wildman–Crippen LogP) is -0.520. The molecule has 0 aromatic heterocycles. The highest BCUT2D eigenvalue weighted by Gasteiger charge is 2.25. The van der Waals surface area contributed by atoms with Crippen LogP contribution in [-0.4, -0.2) is 35.5 Å². The lowest BCUT2D eigenvalue weighted by atomic mass is 9.91. The zero-order valence-corrected chi connectivity index (χ0v) is 6.25. The number of hydrogen-bond donors (Lipinski definition) is 3. The Morgan fingerprint density at radius 1 is 1.20 bits per heavy atom. The molecule has 3 atom stereocenters. The molecule has 0 saturated heterocycles. The van der Waals surface area contributed by atoms with Crippen molar-refractivity contribution >= 4 is 0 Å². The molecule has 1 saturated carbocycles. The number of aliphatic hydroxyl groups is 2. The van der Waals surface area contributed by atoms with Crippen molar-refractivity contribution in [1.82, 2.24) is 5.32 Å². The van der Waals surface area contributed by atoms with Gasteiger partial charge in [-0.3, -0.25) is 0 Å². The zero-order chi connectivity index (χ0) is 7.56. The summed E-state index contributed by atoms with van der Waals surface area (Å²) in [6, 6.07) is 0.387. The van der Waals surface area contributed by atoms with E-state index in [1.54, 1.807) is 0 Å². The van der Waals surface area contributed by atoms with Gasteiger partial charge in [-0.1, -0.05) is 0 Å². The molecular formula is C7H15NO2. The van der Waals surface area contributed by atoms with Crippen molar-refractivity contribution in [2.24, 2.45) is 0 Å². The SMILES string of the molecule is CNC1CCC(O)C(O)C1. The highest BCUT2D eigenvalue weighted by atomic mass is 16.3. The second-order valence-electron chi connectivity index (χ2n) is 2.93. The number of rotatable bonds is 1. The van der Waals surface area contributed by atoms with Gasteiger partial charge in [0.2, 0.25) is 0 Å². The molecule has 3 nitrogen and oxygen atoms in total. The molecule has 1 rings (SSSR count). The first kappa shape index (κ1) is 7.98. The van der Waals surface area contributed by atoms with E-state index >= 15 is 0 Å². The first-order valence-corrected chi connectivity index (χ1v) is 3.77. The molecule has 1 aliphatic carbocycles. The van der Waals surface area contributed by atoms with Crippen molar-refractivity contribution < 1.29 is 10.2 Å². The summed E-state index contributed by atoms with van der Waals surface area (Å²) in [5.74, 6) is 0. The third-order valence-corrected chi connectivity index (χ3v) is 2.19. The van der Waals surface area contributed by atoms with E-state index in [1.807, 2.05) is 7.05 Å². The Kier molecular flexibility index (Phi) is 2.65. The van der Waals surface area contributed by atoms with Crippen LogP contribution in [0.5, 0.6) is 0 Å². The van der Waals surface area contributed by atoms with Crippen LogP contribution in [0.15, 0.2) is 0 Å². The van der Waals surface area contributed by atoms with Crippen molar-refractivity contribution in [3.63, 3.8) is 0 Å². The van der Waals surface area contributed by atoms with Gasteiger partial charge in [0.15, 0.2) is 0 Å². The molecule has 1 aliphatic rings. The van der Waals surface area contributed by atoms with E-state index < -0.39 is 12.2 Å². The molecule has 0 amide bonds. The van der Waals surface area contributed by atoms with Gasteiger partial charge < -0.3 is 15.5 Å². The molecular weight excluding hydrogens is 130 g/mol. The van der Waals surface area contributed by atoms with Crippen molar-refractivity contribution in [3.05, 3.63) is 0 Å². The minimum absolute atomic E-state index is 0.387. The van der Waals surface area contributed by atoms with Gasteiger partial charge in [-0.05, 0) is 26.3 Å². The average Bonchev–Trinajstić information content (AvgIpc) is 1.95. The van der Waals surface area contributed by atoms with Crippen LogP contribution in [-0.2, 0) is 0 Å². The Hall–Kier alpha value is -0.120. The van der Waals surface area contributed by atoms with E-state index in [0.717, 1.165) is 6.42 Å². The second kappa shape index (κ2) is 3.32. The van der Waals surface area contributed by atoms with Crippen molar-refractivity contribution in [3.8, 4) is 0 Å². The molecule has 0 aromatic carbocycles. The smallest absolute Gasteiger partial charge is 0.0813 e. The third-order valence-electron chi connectivity index (χ3n) is 2.19.